The van der Waals surface area contributed by atoms with Crippen LogP contribution in [0.25, 0.3) is 0 Å². The van der Waals surface area contributed by atoms with Crippen LogP contribution in [0.1, 0.15) is 13.3 Å². The normalized spacial score (nSPS) is 20.6. The smallest absolute Gasteiger partial charge is 0.321 e. The van der Waals surface area contributed by atoms with Gasteiger partial charge in [0.1, 0.15) is 0 Å². The fourth-order valence-electron chi connectivity index (χ4n) is 2.83. The summed E-state index contributed by atoms with van der Waals surface area (Å²) in [7, 11) is -1.99. The maximum absolute atomic E-state index is 12.4. The summed E-state index contributed by atoms with van der Waals surface area (Å²) in [5.41, 5.74) is 0.450. The van der Waals surface area contributed by atoms with Crippen LogP contribution in [0, 0.1) is 11.8 Å². The number of ether oxygens (including phenoxy) is 1. The van der Waals surface area contributed by atoms with E-state index in [0.717, 1.165) is 0 Å². The molecule has 2 N–H and O–H groups in total. The summed E-state index contributed by atoms with van der Waals surface area (Å²) in [6, 6.07) is 5.49. The van der Waals surface area contributed by atoms with Gasteiger partial charge in [-0.25, -0.2) is 13.2 Å². The van der Waals surface area contributed by atoms with Crippen molar-refractivity contribution in [3.8, 4) is 0 Å². The molecule has 1 aromatic carbocycles. The predicted octanol–water partition coefficient (Wildman–Crippen LogP) is 1.68. The minimum absolute atomic E-state index is 0.0214. The second-order valence-electron chi connectivity index (χ2n) is 6.42. The number of nitrogens with one attached hydrogen (secondary N) is 1. The molecule has 0 aliphatic carbocycles. The van der Waals surface area contributed by atoms with Crippen LogP contribution < -0.4 is 5.32 Å². The monoisotopic (exact) mass is 384 g/mol. The number of piperidine rings is 1. The third kappa shape index (κ3) is 4.95. The minimum atomic E-state index is -3.42. The SMILES string of the molecule is COCCS(=O)(=O)c1ccc(NC(=O)N2CCC(C)C(C(=O)O)C2)cc1. The summed E-state index contributed by atoms with van der Waals surface area (Å²) in [4.78, 5) is 25.3. The van der Waals surface area contributed by atoms with Gasteiger partial charge in [0, 0.05) is 25.9 Å². The van der Waals surface area contributed by atoms with E-state index in [1.165, 1.54) is 36.3 Å². The molecule has 9 heteroatoms. The Balaban J connectivity index is 2.00. The lowest BCUT2D eigenvalue weighted by molar-refractivity contribution is -0.145. The summed E-state index contributed by atoms with van der Waals surface area (Å²) >= 11 is 0. The first-order valence-electron chi connectivity index (χ1n) is 8.35. The highest BCUT2D eigenvalue weighted by Gasteiger charge is 2.33. The number of hydrogen-bond acceptors (Lipinski definition) is 5. The van der Waals surface area contributed by atoms with Gasteiger partial charge >= 0.3 is 12.0 Å². The number of benzene rings is 1. The molecule has 2 atom stereocenters. The van der Waals surface area contributed by atoms with E-state index in [1.54, 1.807) is 0 Å². The first-order valence-corrected chi connectivity index (χ1v) is 10.0. The molecule has 2 amide bonds. The lowest BCUT2D eigenvalue weighted by Gasteiger charge is -2.34. The molecule has 0 radical (unpaired) electrons. The zero-order valence-corrected chi connectivity index (χ0v) is 15.7. The lowest BCUT2D eigenvalue weighted by atomic mass is 9.87. The topological polar surface area (TPSA) is 113 Å². The van der Waals surface area contributed by atoms with Gasteiger partial charge in [-0.3, -0.25) is 4.79 Å². The van der Waals surface area contributed by atoms with E-state index in [1.807, 2.05) is 6.92 Å². The second-order valence-corrected chi connectivity index (χ2v) is 8.53. The number of anilines is 1. The van der Waals surface area contributed by atoms with Crippen molar-refractivity contribution in [2.75, 3.05) is 37.9 Å². The Morgan fingerprint density at radius 1 is 1.31 bits per heavy atom. The van der Waals surface area contributed by atoms with Gasteiger partial charge in [0.05, 0.1) is 23.2 Å². The summed E-state index contributed by atoms with van der Waals surface area (Å²) in [6.07, 6.45) is 0.626. The van der Waals surface area contributed by atoms with Crippen LogP contribution in [0.4, 0.5) is 10.5 Å². The summed E-state index contributed by atoms with van der Waals surface area (Å²) in [5, 5.41) is 11.9. The van der Waals surface area contributed by atoms with Crippen LogP contribution in [0.2, 0.25) is 0 Å². The second kappa shape index (κ2) is 8.50. The molecule has 1 aromatic rings. The van der Waals surface area contributed by atoms with Crippen molar-refractivity contribution in [3.63, 3.8) is 0 Å². The average Bonchev–Trinajstić information content (AvgIpc) is 2.60. The van der Waals surface area contributed by atoms with Crippen molar-refractivity contribution in [3.05, 3.63) is 24.3 Å². The highest BCUT2D eigenvalue weighted by atomic mass is 32.2. The van der Waals surface area contributed by atoms with E-state index in [9.17, 15) is 23.1 Å². The van der Waals surface area contributed by atoms with Gasteiger partial charge in [-0.05, 0) is 36.6 Å². The van der Waals surface area contributed by atoms with Crippen molar-refractivity contribution in [1.29, 1.82) is 0 Å². The average molecular weight is 384 g/mol. The van der Waals surface area contributed by atoms with Gasteiger partial charge in [-0.15, -0.1) is 0 Å². The van der Waals surface area contributed by atoms with Crippen LogP contribution in [-0.2, 0) is 19.4 Å². The van der Waals surface area contributed by atoms with Crippen LogP contribution in [0.15, 0.2) is 29.2 Å². The molecule has 0 spiro atoms. The number of carbonyl (C=O) groups is 2. The number of aliphatic carboxylic acids is 1. The molecule has 1 fully saturated rings. The first kappa shape index (κ1) is 20.2. The highest BCUT2D eigenvalue weighted by molar-refractivity contribution is 7.91. The van der Waals surface area contributed by atoms with Crippen molar-refractivity contribution in [1.82, 2.24) is 4.90 Å². The number of amides is 2. The van der Waals surface area contributed by atoms with Crippen LogP contribution in [-0.4, -0.2) is 63.0 Å². The Morgan fingerprint density at radius 2 is 1.96 bits per heavy atom. The molecule has 26 heavy (non-hydrogen) atoms. The number of sulfone groups is 1. The summed E-state index contributed by atoms with van der Waals surface area (Å²) < 4.78 is 28.9. The molecule has 1 saturated heterocycles. The molecule has 0 bridgehead atoms. The zero-order chi connectivity index (χ0) is 19.3. The molecular formula is C17H24N2O6S. The van der Waals surface area contributed by atoms with Crippen LogP contribution in [0.3, 0.4) is 0 Å². The van der Waals surface area contributed by atoms with Crippen molar-refractivity contribution in [2.24, 2.45) is 11.8 Å². The number of carboxylic acid groups (broad SMARTS) is 1. The fourth-order valence-corrected chi connectivity index (χ4v) is 4.01. The molecule has 1 aliphatic rings. The van der Waals surface area contributed by atoms with Crippen molar-refractivity contribution >= 4 is 27.5 Å². The third-order valence-electron chi connectivity index (χ3n) is 4.58. The molecule has 1 heterocycles. The molecule has 0 aromatic heterocycles. The number of carbonyl (C=O) groups excluding carboxylic acids is 1. The molecule has 1 aliphatic heterocycles. The predicted molar refractivity (Wildman–Crippen MR) is 95.9 cm³/mol. The maximum atomic E-state index is 12.4. The number of carboxylic acids is 1. The maximum Gasteiger partial charge on any atom is 0.321 e. The fraction of sp³-hybridized carbons (Fsp3) is 0.529. The Bertz CT molecular complexity index is 747. The number of urea groups is 1. The van der Waals surface area contributed by atoms with E-state index >= 15 is 0 Å². The van der Waals surface area contributed by atoms with Gasteiger partial charge in [0.15, 0.2) is 9.84 Å². The van der Waals surface area contributed by atoms with Crippen molar-refractivity contribution in [2.45, 2.75) is 18.2 Å². The highest BCUT2D eigenvalue weighted by Crippen LogP contribution is 2.24. The van der Waals surface area contributed by atoms with Gasteiger partial charge < -0.3 is 20.1 Å². The molecule has 8 nitrogen and oxygen atoms in total. The Morgan fingerprint density at radius 3 is 2.54 bits per heavy atom. The molecule has 0 saturated carbocycles. The third-order valence-corrected chi connectivity index (χ3v) is 6.28. The van der Waals surface area contributed by atoms with E-state index < -0.39 is 27.8 Å². The largest absolute Gasteiger partial charge is 0.481 e. The van der Waals surface area contributed by atoms with Gasteiger partial charge in [0.2, 0.25) is 0 Å². The molecular weight excluding hydrogens is 360 g/mol. The lowest BCUT2D eigenvalue weighted by Crippen LogP contribution is -2.47. The van der Waals surface area contributed by atoms with Crippen molar-refractivity contribution < 1.29 is 27.9 Å². The number of nitrogens with zero attached hydrogens (tertiary/aromatic N) is 1. The van der Waals surface area contributed by atoms with Gasteiger partial charge in [-0.1, -0.05) is 6.92 Å². The van der Waals surface area contributed by atoms with Gasteiger partial charge in [0.25, 0.3) is 0 Å². The van der Waals surface area contributed by atoms with Crippen LogP contribution >= 0.6 is 0 Å². The Kier molecular flexibility index (Phi) is 6.60. The number of hydrogen-bond donors (Lipinski definition) is 2. The van der Waals surface area contributed by atoms with E-state index in [2.05, 4.69) is 5.32 Å². The summed E-state index contributed by atoms with van der Waals surface area (Å²) in [5.74, 6) is -1.57. The van der Waals surface area contributed by atoms with Gasteiger partial charge in [-0.2, -0.15) is 0 Å². The minimum Gasteiger partial charge on any atom is -0.481 e. The van der Waals surface area contributed by atoms with E-state index in [-0.39, 0.29) is 29.7 Å². The van der Waals surface area contributed by atoms with E-state index in [0.29, 0.717) is 18.7 Å². The van der Waals surface area contributed by atoms with E-state index in [4.69, 9.17) is 4.74 Å². The zero-order valence-electron chi connectivity index (χ0n) is 14.8. The number of likely N-dealkylation sites (tertiary alicyclic amines) is 1. The number of methoxy groups -OCH3 is 1. The van der Waals surface area contributed by atoms with Crippen LogP contribution in [0.5, 0.6) is 0 Å². The quantitative estimate of drug-likeness (QED) is 0.771. The molecule has 144 valence electrons. The molecule has 2 rings (SSSR count). The summed E-state index contributed by atoms with van der Waals surface area (Å²) in [6.45, 7) is 2.63. The Labute approximate surface area is 153 Å². The molecule has 2 unspecified atom stereocenters. The Hall–Kier alpha value is -2.13. The number of rotatable bonds is 6. The first-order chi connectivity index (χ1) is 12.2. The standard InChI is InChI=1S/C17H24N2O6S/c1-12-7-8-19(11-15(12)16(20)21)17(22)18-13-3-5-14(6-4-13)26(23,24)10-9-25-2/h3-6,12,15H,7-11H2,1-2H3,(H,18,22)(H,20,21).